The summed E-state index contributed by atoms with van der Waals surface area (Å²) in [6.45, 7) is 6.82. The van der Waals surface area contributed by atoms with Crippen LogP contribution in [0.4, 0.5) is 5.69 Å². The second-order valence-electron chi connectivity index (χ2n) is 9.37. The van der Waals surface area contributed by atoms with Gasteiger partial charge in [-0.25, -0.2) is 8.42 Å². The fourth-order valence-corrected chi connectivity index (χ4v) is 5.29. The van der Waals surface area contributed by atoms with Crippen LogP contribution in [0.25, 0.3) is 0 Å². The minimum Gasteiger partial charge on any atom is -0.497 e. The Labute approximate surface area is 225 Å². The van der Waals surface area contributed by atoms with E-state index in [1.807, 2.05) is 32.9 Å². The van der Waals surface area contributed by atoms with E-state index in [2.05, 4.69) is 5.32 Å². The molecule has 0 saturated heterocycles. The van der Waals surface area contributed by atoms with Crippen molar-refractivity contribution in [3.63, 3.8) is 0 Å². The first-order valence-corrected chi connectivity index (χ1v) is 13.8. The van der Waals surface area contributed by atoms with Gasteiger partial charge in [-0.05, 0) is 69.7 Å². The van der Waals surface area contributed by atoms with Gasteiger partial charge in [0.2, 0.25) is 11.8 Å². The van der Waals surface area contributed by atoms with Gasteiger partial charge in [0.1, 0.15) is 18.3 Å². The smallest absolute Gasteiger partial charge is 0.264 e. The fraction of sp³-hybridized carbons (Fsp3) is 0.310. The van der Waals surface area contributed by atoms with E-state index in [1.54, 1.807) is 68.6 Å². The highest BCUT2D eigenvalue weighted by Gasteiger charge is 2.32. The van der Waals surface area contributed by atoms with E-state index in [0.717, 1.165) is 15.4 Å². The summed E-state index contributed by atoms with van der Waals surface area (Å²) in [5.41, 5.74) is 2.04. The van der Waals surface area contributed by atoms with Crippen molar-refractivity contribution in [2.24, 2.45) is 0 Å². The number of rotatable bonds is 11. The highest BCUT2D eigenvalue weighted by molar-refractivity contribution is 7.92. The third-order valence-corrected chi connectivity index (χ3v) is 7.83. The topological polar surface area (TPSA) is 96.0 Å². The van der Waals surface area contributed by atoms with Gasteiger partial charge in [0.15, 0.2) is 0 Å². The summed E-state index contributed by atoms with van der Waals surface area (Å²) in [4.78, 5) is 28.3. The Hall–Kier alpha value is -3.85. The summed E-state index contributed by atoms with van der Waals surface area (Å²) < 4.78 is 33.8. The van der Waals surface area contributed by atoms with E-state index in [1.165, 1.54) is 17.0 Å². The molecule has 2 amide bonds. The van der Waals surface area contributed by atoms with Crippen molar-refractivity contribution in [3.05, 3.63) is 90.0 Å². The number of ether oxygens (including phenoxy) is 1. The number of aryl methyl sites for hydroxylation is 1. The molecular formula is C29H35N3O5S. The lowest BCUT2D eigenvalue weighted by atomic mass is 10.1. The number of nitrogens with one attached hydrogen (secondary N) is 1. The summed E-state index contributed by atoms with van der Waals surface area (Å²) >= 11 is 0. The van der Waals surface area contributed by atoms with Crippen LogP contribution in [0.15, 0.2) is 83.8 Å². The Kier molecular flexibility index (Phi) is 9.52. The Morgan fingerprint density at radius 1 is 0.895 bits per heavy atom. The summed E-state index contributed by atoms with van der Waals surface area (Å²) in [5.74, 6) is -0.169. The van der Waals surface area contributed by atoms with E-state index < -0.39 is 28.5 Å². The van der Waals surface area contributed by atoms with Crippen LogP contribution in [0, 0.1) is 6.92 Å². The molecule has 0 saturated carbocycles. The molecule has 0 bridgehead atoms. The van der Waals surface area contributed by atoms with Crippen LogP contribution in [0.2, 0.25) is 0 Å². The Morgan fingerprint density at radius 3 is 2.05 bits per heavy atom. The number of anilines is 1. The molecule has 3 aromatic carbocycles. The number of hydrogen-bond donors (Lipinski definition) is 1. The maximum atomic E-state index is 13.8. The first-order chi connectivity index (χ1) is 18.0. The number of carbonyl (C=O) groups is 2. The van der Waals surface area contributed by atoms with Crippen molar-refractivity contribution >= 4 is 27.5 Å². The molecule has 0 radical (unpaired) electrons. The molecule has 1 atom stereocenters. The average Bonchev–Trinajstić information content (AvgIpc) is 2.90. The molecule has 1 N–H and O–H groups in total. The van der Waals surface area contributed by atoms with E-state index >= 15 is 0 Å². The first-order valence-electron chi connectivity index (χ1n) is 12.4. The lowest BCUT2D eigenvalue weighted by Crippen LogP contribution is -2.52. The minimum absolute atomic E-state index is 0.0760. The van der Waals surface area contributed by atoms with Gasteiger partial charge in [-0.3, -0.25) is 13.9 Å². The lowest BCUT2D eigenvalue weighted by molar-refractivity contribution is -0.139. The molecule has 0 unspecified atom stereocenters. The molecule has 3 aromatic rings. The van der Waals surface area contributed by atoms with Crippen molar-refractivity contribution in [1.82, 2.24) is 10.2 Å². The third kappa shape index (κ3) is 7.13. The SMILES string of the molecule is COc1ccc(CN(C(=O)CN(c2ccccc2)S(=O)(=O)c2ccc(C)cc2)[C@H](C)C(=O)NC(C)C)cc1. The molecule has 9 heteroatoms. The second-order valence-corrected chi connectivity index (χ2v) is 11.2. The van der Waals surface area contributed by atoms with E-state index in [4.69, 9.17) is 4.74 Å². The number of benzene rings is 3. The van der Waals surface area contributed by atoms with Gasteiger partial charge in [-0.1, -0.05) is 48.0 Å². The largest absolute Gasteiger partial charge is 0.497 e. The molecule has 0 aromatic heterocycles. The van der Waals surface area contributed by atoms with Crippen LogP contribution >= 0.6 is 0 Å². The fourth-order valence-electron chi connectivity index (χ4n) is 3.88. The summed E-state index contributed by atoms with van der Waals surface area (Å²) in [6, 6.07) is 21.2. The maximum Gasteiger partial charge on any atom is 0.264 e. The second kappa shape index (κ2) is 12.6. The van der Waals surface area contributed by atoms with Gasteiger partial charge >= 0.3 is 0 Å². The molecule has 202 valence electrons. The molecule has 0 heterocycles. The number of amides is 2. The third-order valence-electron chi connectivity index (χ3n) is 6.04. The number of methoxy groups -OCH3 is 1. The molecule has 8 nitrogen and oxygen atoms in total. The zero-order valence-electron chi connectivity index (χ0n) is 22.4. The summed E-state index contributed by atoms with van der Waals surface area (Å²) in [5, 5.41) is 2.84. The van der Waals surface area contributed by atoms with Crippen LogP contribution < -0.4 is 14.4 Å². The number of nitrogens with zero attached hydrogens (tertiary/aromatic N) is 2. The van der Waals surface area contributed by atoms with Crippen molar-refractivity contribution in [2.75, 3.05) is 18.0 Å². The van der Waals surface area contributed by atoms with E-state index in [0.29, 0.717) is 11.4 Å². The molecule has 38 heavy (non-hydrogen) atoms. The molecule has 0 aliphatic heterocycles. The highest BCUT2D eigenvalue weighted by atomic mass is 32.2. The summed E-state index contributed by atoms with van der Waals surface area (Å²) in [7, 11) is -2.51. The van der Waals surface area contributed by atoms with Crippen LogP contribution in [0.1, 0.15) is 31.9 Å². The van der Waals surface area contributed by atoms with Gasteiger partial charge in [0, 0.05) is 12.6 Å². The monoisotopic (exact) mass is 537 g/mol. The van der Waals surface area contributed by atoms with Crippen molar-refractivity contribution in [1.29, 1.82) is 0 Å². The lowest BCUT2D eigenvalue weighted by Gasteiger charge is -2.32. The van der Waals surface area contributed by atoms with Crippen molar-refractivity contribution in [2.45, 2.75) is 51.2 Å². The maximum absolute atomic E-state index is 13.8. The highest BCUT2D eigenvalue weighted by Crippen LogP contribution is 2.25. The summed E-state index contributed by atoms with van der Waals surface area (Å²) in [6.07, 6.45) is 0. The van der Waals surface area contributed by atoms with Crippen LogP contribution in [-0.4, -0.2) is 50.9 Å². The molecule has 3 rings (SSSR count). The standard InChI is InChI=1S/C29H35N3O5S/c1-21(2)30-29(34)23(4)31(19-24-13-15-26(37-5)16-14-24)28(33)20-32(25-9-7-6-8-10-25)38(35,36)27-17-11-22(3)12-18-27/h6-18,21,23H,19-20H2,1-5H3,(H,30,34)/t23-/m1/s1. The molecule has 0 aliphatic rings. The minimum atomic E-state index is -4.08. The van der Waals surface area contributed by atoms with Gasteiger partial charge < -0.3 is 15.0 Å². The Morgan fingerprint density at radius 2 is 1.50 bits per heavy atom. The van der Waals surface area contributed by atoms with Gasteiger partial charge in [-0.15, -0.1) is 0 Å². The van der Waals surface area contributed by atoms with Gasteiger partial charge in [0.05, 0.1) is 17.7 Å². The zero-order valence-corrected chi connectivity index (χ0v) is 23.2. The number of hydrogen-bond acceptors (Lipinski definition) is 5. The number of sulfonamides is 1. The molecule has 0 fully saturated rings. The zero-order chi connectivity index (χ0) is 27.9. The van der Waals surface area contributed by atoms with Gasteiger partial charge in [0.25, 0.3) is 10.0 Å². The number of carbonyl (C=O) groups excluding carboxylic acids is 2. The van der Waals surface area contributed by atoms with Crippen molar-refractivity contribution < 1.29 is 22.7 Å². The van der Waals surface area contributed by atoms with Crippen LogP contribution in [0.5, 0.6) is 5.75 Å². The normalized spacial score (nSPS) is 12.1. The van der Waals surface area contributed by atoms with Gasteiger partial charge in [-0.2, -0.15) is 0 Å². The number of para-hydroxylation sites is 1. The van der Waals surface area contributed by atoms with Crippen molar-refractivity contribution in [3.8, 4) is 5.75 Å². The predicted molar refractivity (Wildman–Crippen MR) is 148 cm³/mol. The van der Waals surface area contributed by atoms with Crippen LogP contribution in [0.3, 0.4) is 0 Å². The first kappa shape index (κ1) is 28.7. The molecular weight excluding hydrogens is 502 g/mol. The Balaban J connectivity index is 1.99. The van der Waals surface area contributed by atoms with Crippen LogP contribution in [-0.2, 0) is 26.2 Å². The Bertz CT molecular complexity index is 1320. The molecule has 0 spiro atoms. The predicted octanol–water partition coefficient (Wildman–Crippen LogP) is 4.14. The molecule has 0 aliphatic carbocycles. The quantitative estimate of drug-likeness (QED) is 0.397. The van der Waals surface area contributed by atoms with E-state index in [-0.39, 0.29) is 23.4 Å². The average molecular weight is 538 g/mol. The van der Waals surface area contributed by atoms with E-state index in [9.17, 15) is 18.0 Å².